The maximum Gasteiger partial charge on any atom is 0.271 e. The van der Waals surface area contributed by atoms with E-state index in [9.17, 15) is 4.79 Å². The van der Waals surface area contributed by atoms with Gasteiger partial charge in [-0.25, -0.2) is 9.97 Å². The van der Waals surface area contributed by atoms with Gasteiger partial charge in [0, 0.05) is 18.1 Å². The highest BCUT2D eigenvalue weighted by atomic mass is 35.5. The summed E-state index contributed by atoms with van der Waals surface area (Å²) in [6.07, 6.45) is 2.84. The van der Waals surface area contributed by atoms with Crippen molar-refractivity contribution in [3.8, 4) is 0 Å². The minimum absolute atomic E-state index is 0.0589. The van der Waals surface area contributed by atoms with Crippen LogP contribution in [-0.4, -0.2) is 15.9 Å². The van der Waals surface area contributed by atoms with E-state index in [4.69, 9.17) is 28.9 Å². The lowest BCUT2D eigenvalue weighted by molar-refractivity contribution is 0.0996. The van der Waals surface area contributed by atoms with Crippen molar-refractivity contribution in [2.24, 2.45) is 5.73 Å². The van der Waals surface area contributed by atoms with E-state index < -0.39 is 5.91 Å². The molecule has 0 spiro atoms. The van der Waals surface area contributed by atoms with Gasteiger partial charge in [0.25, 0.3) is 5.91 Å². The van der Waals surface area contributed by atoms with Crippen molar-refractivity contribution in [1.29, 1.82) is 0 Å². The molecule has 2 aromatic rings. The maximum absolute atomic E-state index is 11.2. The van der Waals surface area contributed by atoms with Gasteiger partial charge in [-0.05, 0) is 18.2 Å². The van der Waals surface area contributed by atoms with E-state index >= 15 is 0 Å². The Morgan fingerprint density at radius 3 is 2.56 bits per heavy atom. The number of amides is 1. The zero-order valence-corrected chi connectivity index (χ0v) is 10.5. The van der Waals surface area contributed by atoms with Crippen LogP contribution in [0, 0.1) is 0 Å². The van der Waals surface area contributed by atoms with Gasteiger partial charge in [0.2, 0.25) is 0 Å². The van der Waals surface area contributed by atoms with Gasteiger partial charge in [0.1, 0.15) is 0 Å². The number of anilines is 2. The molecule has 0 fully saturated rings. The number of primary amides is 1. The van der Waals surface area contributed by atoms with Crippen molar-refractivity contribution in [1.82, 2.24) is 9.97 Å². The quantitative estimate of drug-likeness (QED) is 0.907. The summed E-state index contributed by atoms with van der Waals surface area (Å²) in [7, 11) is 0. The van der Waals surface area contributed by atoms with Gasteiger partial charge in [-0.15, -0.1) is 0 Å². The van der Waals surface area contributed by atoms with Crippen LogP contribution in [0.5, 0.6) is 0 Å². The van der Waals surface area contributed by atoms with Gasteiger partial charge >= 0.3 is 0 Å². The second-order valence-corrected chi connectivity index (χ2v) is 4.19. The van der Waals surface area contributed by atoms with Gasteiger partial charge in [-0.3, -0.25) is 4.79 Å². The molecule has 5 nitrogen and oxygen atoms in total. The van der Waals surface area contributed by atoms with Crippen LogP contribution in [0.2, 0.25) is 10.0 Å². The molecule has 2 rings (SSSR count). The van der Waals surface area contributed by atoms with Crippen LogP contribution in [-0.2, 0) is 0 Å². The number of nitrogens with two attached hydrogens (primary N) is 1. The van der Waals surface area contributed by atoms with Crippen LogP contribution >= 0.6 is 23.2 Å². The molecular formula is C11H8Cl2N4O. The number of carbonyl (C=O) groups is 1. The summed E-state index contributed by atoms with van der Waals surface area (Å²) in [6, 6.07) is 4.95. The third kappa shape index (κ3) is 2.69. The SMILES string of the molecule is NC(=O)c1nccnc1Nc1ccc(Cl)c(Cl)c1. The third-order valence-corrected chi connectivity index (χ3v) is 2.85. The van der Waals surface area contributed by atoms with E-state index in [2.05, 4.69) is 15.3 Å². The topological polar surface area (TPSA) is 80.9 Å². The summed E-state index contributed by atoms with van der Waals surface area (Å²) in [4.78, 5) is 19.0. The minimum atomic E-state index is -0.661. The van der Waals surface area contributed by atoms with Crippen molar-refractivity contribution < 1.29 is 4.79 Å². The molecular weight excluding hydrogens is 275 g/mol. The fraction of sp³-hybridized carbons (Fsp3) is 0. The average molecular weight is 283 g/mol. The molecule has 0 saturated carbocycles. The van der Waals surface area contributed by atoms with E-state index in [-0.39, 0.29) is 11.5 Å². The van der Waals surface area contributed by atoms with Crippen molar-refractivity contribution in [2.45, 2.75) is 0 Å². The molecule has 0 atom stereocenters. The lowest BCUT2D eigenvalue weighted by atomic mass is 10.3. The smallest absolute Gasteiger partial charge is 0.271 e. The molecule has 0 unspecified atom stereocenters. The monoisotopic (exact) mass is 282 g/mol. The lowest BCUT2D eigenvalue weighted by Crippen LogP contribution is -2.16. The van der Waals surface area contributed by atoms with Gasteiger partial charge in [-0.2, -0.15) is 0 Å². The number of nitrogens with zero attached hydrogens (tertiary/aromatic N) is 2. The summed E-state index contributed by atoms with van der Waals surface area (Å²) in [5.41, 5.74) is 5.88. The van der Waals surface area contributed by atoms with Gasteiger partial charge in [0.15, 0.2) is 11.5 Å². The maximum atomic E-state index is 11.2. The van der Waals surface area contributed by atoms with Crippen molar-refractivity contribution >= 4 is 40.6 Å². The van der Waals surface area contributed by atoms with Crippen LogP contribution in [0.3, 0.4) is 0 Å². The summed E-state index contributed by atoms with van der Waals surface area (Å²) in [5, 5.41) is 3.74. The summed E-state index contributed by atoms with van der Waals surface area (Å²) in [6.45, 7) is 0. The van der Waals surface area contributed by atoms with Crippen LogP contribution in [0.1, 0.15) is 10.5 Å². The zero-order chi connectivity index (χ0) is 13.1. The van der Waals surface area contributed by atoms with Gasteiger partial charge in [0.05, 0.1) is 10.0 Å². The van der Waals surface area contributed by atoms with E-state index in [1.807, 2.05) is 0 Å². The number of nitrogens with one attached hydrogen (secondary N) is 1. The number of halogens is 2. The number of carbonyl (C=O) groups excluding carboxylic acids is 1. The zero-order valence-electron chi connectivity index (χ0n) is 9.02. The van der Waals surface area contributed by atoms with E-state index in [0.717, 1.165) is 0 Å². The van der Waals surface area contributed by atoms with Crippen molar-refractivity contribution in [2.75, 3.05) is 5.32 Å². The molecule has 1 aromatic carbocycles. The fourth-order valence-corrected chi connectivity index (χ4v) is 1.62. The molecule has 0 aliphatic heterocycles. The van der Waals surface area contributed by atoms with Crippen LogP contribution in [0.15, 0.2) is 30.6 Å². The van der Waals surface area contributed by atoms with Crippen LogP contribution < -0.4 is 11.1 Å². The Labute approximate surface area is 113 Å². The second kappa shape index (κ2) is 5.20. The highest BCUT2D eigenvalue weighted by Crippen LogP contribution is 2.26. The second-order valence-electron chi connectivity index (χ2n) is 3.37. The first kappa shape index (κ1) is 12.6. The minimum Gasteiger partial charge on any atom is -0.364 e. The summed E-state index contributed by atoms with van der Waals surface area (Å²) >= 11 is 11.7. The average Bonchev–Trinajstić information content (AvgIpc) is 2.34. The largest absolute Gasteiger partial charge is 0.364 e. The first-order chi connectivity index (χ1) is 8.58. The molecule has 3 N–H and O–H groups in total. The van der Waals surface area contributed by atoms with Gasteiger partial charge in [-0.1, -0.05) is 23.2 Å². The molecule has 0 aliphatic carbocycles. The summed E-state index contributed by atoms with van der Waals surface area (Å²) < 4.78 is 0. The van der Waals surface area contributed by atoms with Crippen LogP contribution in [0.4, 0.5) is 11.5 Å². The van der Waals surface area contributed by atoms with E-state index in [1.165, 1.54) is 12.4 Å². The Balaban J connectivity index is 2.34. The first-order valence-electron chi connectivity index (χ1n) is 4.91. The lowest BCUT2D eigenvalue weighted by Gasteiger charge is -2.08. The molecule has 18 heavy (non-hydrogen) atoms. The Kier molecular flexibility index (Phi) is 3.64. The number of aromatic nitrogens is 2. The van der Waals surface area contributed by atoms with E-state index in [0.29, 0.717) is 15.7 Å². The number of hydrogen-bond donors (Lipinski definition) is 2. The van der Waals surface area contributed by atoms with Crippen molar-refractivity contribution in [3.63, 3.8) is 0 Å². The third-order valence-electron chi connectivity index (χ3n) is 2.11. The fourth-order valence-electron chi connectivity index (χ4n) is 1.32. The number of rotatable bonds is 3. The molecule has 0 radical (unpaired) electrons. The molecule has 92 valence electrons. The molecule has 1 heterocycles. The molecule has 1 aromatic heterocycles. The molecule has 0 aliphatic rings. The molecule has 1 amide bonds. The molecule has 0 saturated heterocycles. The number of benzene rings is 1. The standard InChI is InChI=1S/C11H8Cl2N4O/c12-7-2-1-6(5-8(7)13)17-11-9(10(14)18)15-3-4-16-11/h1-5H,(H2,14,18)(H,16,17). The Hall–Kier alpha value is -1.85. The summed E-state index contributed by atoms with van der Waals surface area (Å²) in [5.74, 6) is -0.394. The normalized spacial score (nSPS) is 10.1. The number of hydrogen-bond acceptors (Lipinski definition) is 4. The highest BCUT2D eigenvalue weighted by Gasteiger charge is 2.11. The Bertz CT molecular complexity index is 603. The Morgan fingerprint density at radius 1 is 1.17 bits per heavy atom. The Morgan fingerprint density at radius 2 is 1.89 bits per heavy atom. The van der Waals surface area contributed by atoms with Gasteiger partial charge < -0.3 is 11.1 Å². The van der Waals surface area contributed by atoms with Crippen LogP contribution in [0.25, 0.3) is 0 Å². The van der Waals surface area contributed by atoms with E-state index in [1.54, 1.807) is 18.2 Å². The highest BCUT2D eigenvalue weighted by molar-refractivity contribution is 6.42. The molecule has 0 bridgehead atoms. The predicted octanol–water partition coefficient (Wildman–Crippen LogP) is 2.63. The first-order valence-corrected chi connectivity index (χ1v) is 5.66. The van der Waals surface area contributed by atoms with Crippen molar-refractivity contribution in [3.05, 3.63) is 46.3 Å². The predicted molar refractivity (Wildman–Crippen MR) is 70.3 cm³/mol. The molecule has 7 heteroatoms.